The summed E-state index contributed by atoms with van der Waals surface area (Å²) in [5.74, 6) is 1.42. The minimum absolute atomic E-state index is 0. The van der Waals surface area contributed by atoms with Gasteiger partial charge in [0, 0.05) is 44.0 Å². The van der Waals surface area contributed by atoms with E-state index in [9.17, 15) is 8.78 Å². The molecule has 1 saturated carbocycles. The van der Waals surface area contributed by atoms with Crippen LogP contribution in [0.25, 0.3) is 0 Å². The highest BCUT2D eigenvalue weighted by Crippen LogP contribution is 2.41. The van der Waals surface area contributed by atoms with Gasteiger partial charge in [-0.2, -0.15) is 0 Å². The molecule has 3 aromatic rings. The van der Waals surface area contributed by atoms with E-state index in [0.29, 0.717) is 12.6 Å². The Morgan fingerprint density at radius 2 is 1.69 bits per heavy atom. The molecule has 1 heterocycles. The van der Waals surface area contributed by atoms with Crippen LogP contribution in [0.4, 0.5) is 8.78 Å². The van der Waals surface area contributed by atoms with Crippen molar-refractivity contribution in [3.63, 3.8) is 0 Å². The Morgan fingerprint density at radius 3 is 2.34 bits per heavy atom. The Labute approximate surface area is 200 Å². The molecule has 0 aliphatic heterocycles. The highest BCUT2D eigenvalue weighted by Gasteiger charge is 2.38. The van der Waals surface area contributed by atoms with Crippen molar-refractivity contribution < 1.29 is 8.78 Å². The summed E-state index contributed by atoms with van der Waals surface area (Å²) >= 11 is 0. The molecule has 0 radical (unpaired) electrons. The van der Waals surface area contributed by atoms with E-state index in [1.165, 1.54) is 28.8 Å². The van der Waals surface area contributed by atoms with Crippen LogP contribution >= 0.6 is 24.8 Å². The Morgan fingerprint density at radius 1 is 0.969 bits per heavy atom. The second-order valence-electron chi connectivity index (χ2n) is 7.89. The number of aromatic nitrogens is 1. The molecule has 2 atom stereocenters. The molecule has 0 unspecified atom stereocenters. The van der Waals surface area contributed by atoms with Crippen LogP contribution in [0.5, 0.6) is 0 Å². The maximum Gasteiger partial charge on any atom is 0.159 e. The van der Waals surface area contributed by atoms with Crippen molar-refractivity contribution in [2.45, 2.75) is 38.0 Å². The highest BCUT2D eigenvalue weighted by molar-refractivity contribution is 5.85. The zero-order valence-electron chi connectivity index (χ0n) is 17.6. The summed E-state index contributed by atoms with van der Waals surface area (Å²) in [6.45, 7) is 2.96. The average molecular weight is 478 g/mol. The molecular weight excluding hydrogens is 451 g/mol. The van der Waals surface area contributed by atoms with Gasteiger partial charge in [-0.1, -0.05) is 36.3 Å². The third kappa shape index (κ3) is 6.82. The van der Waals surface area contributed by atoms with Crippen LogP contribution in [0.15, 0.2) is 60.9 Å². The topological polar surface area (TPSA) is 31.1 Å². The number of hydrogen-bond acceptors (Lipinski definition) is 2. The van der Waals surface area contributed by atoms with Gasteiger partial charge >= 0.3 is 0 Å². The molecule has 0 saturated heterocycles. The second-order valence-corrected chi connectivity index (χ2v) is 7.89. The summed E-state index contributed by atoms with van der Waals surface area (Å²) in [5.41, 5.74) is 4.49. The average Bonchev–Trinajstić information content (AvgIpc) is 3.34. The monoisotopic (exact) mass is 477 g/mol. The van der Waals surface area contributed by atoms with E-state index in [2.05, 4.69) is 51.5 Å². The standard InChI is InChI=1S/C25H25F2N3.2ClH/c1-2-11-30(17-20-9-10-28-14-20)16-19-5-3-18(4-6-19)15-29-25-13-22(25)21-7-8-23(26)24(27)12-21;;/h1,3-10,12,14,22,25,28-29H,11,13,15-17H2;2*1H/t22-,25+;;/m0../s1. The Balaban J connectivity index is 0.00000181. The summed E-state index contributed by atoms with van der Waals surface area (Å²) in [5, 5.41) is 3.51. The molecule has 1 aliphatic carbocycles. The van der Waals surface area contributed by atoms with E-state index >= 15 is 0 Å². The molecule has 0 amide bonds. The number of nitrogens with one attached hydrogen (secondary N) is 2. The van der Waals surface area contributed by atoms with Crippen LogP contribution in [-0.2, 0) is 19.6 Å². The number of halogens is 4. The van der Waals surface area contributed by atoms with Gasteiger partial charge in [-0.15, -0.1) is 31.2 Å². The van der Waals surface area contributed by atoms with Crippen molar-refractivity contribution >= 4 is 24.8 Å². The molecule has 32 heavy (non-hydrogen) atoms. The van der Waals surface area contributed by atoms with Crippen molar-refractivity contribution in [2.24, 2.45) is 0 Å². The fraction of sp³-hybridized carbons (Fsp3) is 0.280. The summed E-state index contributed by atoms with van der Waals surface area (Å²) in [4.78, 5) is 5.30. The minimum atomic E-state index is -0.794. The summed E-state index contributed by atoms with van der Waals surface area (Å²) in [6.07, 6.45) is 10.4. The first-order valence-corrected chi connectivity index (χ1v) is 10.2. The number of H-pyrrole nitrogens is 1. The first-order chi connectivity index (χ1) is 14.6. The fourth-order valence-electron chi connectivity index (χ4n) is 3.81. The first kappa shape index (κ1) is 25.9. The van der Waals surface area contributed by atoms with Crippen molar-refractivity contribution in [1.29, 1.82) is 0 Å². The van der Waals surface area contributed by atoms with Crippen molar-refractivity contribution in [3.8, 4) is 12.3 Å². The van der Waals surface area contributed by atoms with Crippen molar-refractivity contribution in [3.05, 3.63) is 94.8 Å². The Hall–Kier alpha value is -2.36. The van der Waals surface area contributed by atoms with E-state index in [-0.39, 0.29) is 30.7 Å². The third-order valence-electron chi connectivity index (χ3n) is 5.54. The number of nitrogens with zero attached hydrogens (tertiary/aromatic N) is 1. The smallest absolute Gasteiger partial charge is 0.159 e. The largest absolute Gasteiger partial charge is 0.367 e. The number of rotatable bonds is 9. The summed E-state index contributed by atoms with van der Waals surface area (Å²) in [7, 11) is 0. The maximum atomic E-state index is 13.4. The lowest BCUT2D eigenvalue weighted by Crippen LogP contribution is -2.23. The maximum absolute atomic E-state index is 13.4. The van der Waals surface area contributed by atoms with E-state index in [0.717, 1.165) is 31.6 Å². The number of aromatic amines is 1. The molecule has 0 spiro atoms. The Bertz CT molecular complexity index is 1020. The van der Waals surface area contributed by atoms with Gasteiger partial charge < -0.3 is 10.3 Å². The molecule has 1 aliphatic rings. The molecule has 1 aromatic heterocycles. The van der Waals surface area contributed by atoms with Gasteiger partial charge in [0.25, 0.3) is 0 Å². The van der Waals surface area contributed by atoms with Gasteiger partial charge in [-0.25, -0.2) is 8.78 Å². The molecular formula is C25H27Cl2F2N3. The van der Waals surface area contributed by atoms with E-state index in [4.69, 9.17) is 6.42 Å². The molecule has 1 fully saturated rings. The van der Waals surface area contributed by atoms with E-state index in [1.54, 1.807) is 6.07 Å². The van der Waals surface area contributed by atoms with Gasteiger partial charge in [0.2, 0.25) is 0 Å². The molecule has 4 rings (SSSR count). The molecule has 7 heteroatoms. The third-order valence-corrected chi connectivity index (χ3v) is 5.54. The van der Waals surface area contributed by atoms with Crippen LogP contribution in [0, 0.1) is 24.0 Å². The lowest BCUT2D eigenvalue weighted by molar-refractivity contribution is 0.291. The number of benzene rings is 2. The molecule has 170 valence electrons. The summed E-state index contributed by atoms with van der Waals surface area (Å²) in [6, 6.07) is 15.1. The van der Waals surface area contributed by atoms with Gasteiger partial charge in [0.1, 0.15) is 0 Å². The van der Waals surface area contributed by atoms with Crippen LogP contribution < -0.4 is 5.32 Å². The predicted molar refractivity (Wildman–Crippen MR) is 129 cm³/mol. The lowest BCUT2D eigenvalue weighted by atomic mass is 10.1. The second kappa shape index (κ2) is 12.0. The first-order valence-electron chi connectivity index (χ1n) is 10.2. The minimum Gasteiger partial charge on any atom is -0.367 e. The Kier molecular flexibility index (Phi) is 9.74. The lowest BCUT2D eigenvalue weighted by Gasteiger charge is -2.19. The number of hydrogen-bond donors (Lipinski definition) is 2. The van der Waals surface area contributed by atoms with E-state index in [1.807, 2.05) is 12.4 Å². The molecule has 3 nitrogen and oxygen atoms in total. The quantitative estimate of drug-likeness (QED) is 0.403. The van der Waals surface area contributed by atoms with E-state index < -0.39 is 11.6 Å². The predicted octanol–water partition coefficient (Wildman–Crippen LogP) is 5.42. The van der Waals surface area contributed by atoms with Gasteiger partial charge in [0.05, 0.1) is 6.54 Å². The van der Waals surface area contributed by atoms with Gasteiger partial charge in [0.15, 0.2) is 11.6 Å². The van der Waals surface area contributed by atoms with Gasteiger partial charge in [-0.3, -0.25) is 4.90 Å². The van der Waals surface area contributed by atoms with Crippen molar-refractivity contribution in [1.82, 2.24) is 15.2 Å². The molecule has 2 aromatic carbocycles. The molecule has 0 bridgehead atoms. The zero-order chi connectivity index (χ0) is 20.9. The summed E-state index contributed by atoms with van der Waals surface area (Å²) < 4.78 is 26.5. The highest BCUT2D eigenvalue weighted by atomic mass is 35.5. The number of terminal acetylenes is 1. The van der Waals surface area contributed by atoms with Crippen LogP contribution in [0.2, 0.25) is 0 Å². The van der Waals surface area contributed by atoms with Crippen LogP contribution in [-0.4, -0.2) is 22.5 Å². The van der Waals surface area contributed by atoms with Crippen LogP contribution in [0.3, 0.4) is 0 Å². The normalized spacial score (nSPS) is 16.7. The van der Waals surface area contributed by atoms with Crippen molar-refractivity contribution in [2.75, 3.05) is 6.54 Å². The SMILES string of the molecule is C#CCN(Cc1ccc(CN[C@@H]2C[C@H]2c2ccc(F)c(F)c2)cc1)Cc1cc[nH]c1.Cl.Cl. The molecule has 2 N–H and O–H groups in total. The van der Waals surface area contributed by atoms with Crippen LogP contribution in [0.1, 0.15) is 34.6 Å². The zero-order valence-corrected chi connectivity index (χ0v) is 19.2. The fourth-order valence-corrected chi connectivity index (χ4v) is 3.81. The van der Waals surface area contributed by atoms with Gasteiger partial charge in [-0.05, 0) is 46.9 Å².